The zero-order valence-electron chi connectivity index (χ0n) is 11.8. The highest BCUT2D eigenvalue weighted by Crippen LogP contribution is 2.26. The van der Waals surface area contributed by atoms with Gasteiger partial charge in [-0.15, -0.1) is 0 Å². The van der Waals surface area contributed by atoms with Crippen molar-refractivity contribution in [3.05, 3.63) is 47.0 Å². The number of aromatic nitrogens is 1. The fraction of sp³-hybridized carbons (Fsp3) is 0.214. The van der Waals surface area contributed by atoms with E-state index in [1.54, 1.807) is 4.57 Å². The number of carbonyl (C=O) groups excluding carboxylic acids is 1. The summed E-state index contributed by atoms with van der Waals surface area (Å²) < 4.78 is 41.8. The standard InChI is InChI=1S/C14H13ClFN3O3S/c15-11-6-9(16)2-3-12(11)18-23(21,22)10-7-13-14(20)17-4-1-5-19(13)8-10/h2-3,6-8,18H,1,4-5H2,(H,17,20). The minimum atomic E-state index is -3.94. The molecule has 1 aliphatic heterocycles. The van der Waals surface area contributed by atoms with Gasteiger partial charge >= 0.3 is 0 Å². The number of sulfonamides is 1. The van der Waals surface area contributed by atoms with Gasteiger partial charge in [0.05, 0.1) is 10.7 Å². The summed E-state index contributed by atoms with van der Waals surface area (Å²) in [5, 5.41) is 2.64. The molecule has 0 spiro atoms. The predicted molar refractivity (Wildman–Crippen MR) is 83.6 cm³/mol. The number of nitrogens with zero attached hydrogens (tertiary/aromatic N) is 1. The SMILES string of the molecule is O=C1NCCCn2cc(S(=O)(=O)Nc3ccc(F)cc3Cl)cc21. The zero-order chi connectivity index (χ0) is 16.6. The van der Waals surface area contributed by atoms with E-state index in [4.69, 9.17) is 11.6 Å². The van der Waals surface area contributed by atoms with Gasteiger partial charge in [0.25, 0.3) is 15.9 Å². The van der Waals surface area contributed by atoms with Gasteiger partial charge < -0.3 is 9.88 Å². The van der Waals surface area contributed by atoms with E-state index in [1.807, 2.05) is 0 Å². The van der Waals surface area contributed by atoms with Crippen molar-refractivity contribution in [2.45, 2.75) is 17.9 Å². The molecule has 3 rings (SSSR count). The number of anilines is 1. The molecule has 2 heterocycles. The van der Waals surface area contributed by atoms with Crippen molar-refractivity contribution in [3.8, 4) is 0 Å². The van der Waals surface area contributed by atoms with Gasteiger partial charge in [0.2, 0.25) is 0 Å². The Kier molecular flexibility index (Phi) is 4.03. The van der Waals surface area contributed by atoms with E-state index >= 15 is 0 Å². The molecule has 1 amide bonds. The van der Waals surface area contributed by atoms with Gasteiger partial charge in [0.15, 0.2) is 0 Å². The lowest BCUT2D eigenvalue weighted by Gasteiger charge is -2.08. The number of benzene rings is 1. The smallest absolute Gasteiger partial charge is 0.267 e. The Hall–Kier alpha value is -2.06. The van der Waals surface area contributed by atoms with Crippen molar-refractivity contribution in [1.29, 1.82) is 0 Å². The molecule has 2 aromatic rings. The Morgan fingerprint density at radius 1 is 1.30 bits per heavy atom. The minimum Gasteiger partial charge on any atom is -0.351 e. The van der Waals surface area contributed by atoms with Crippen molar-refractivity contribution in [2.24, 2.45) is 0 Å². The van der Waals surface area contributed by atoms with Crippen molar-refractivity contribution in [2.75, 3.05) is 11.3 Å². The number of fused-ring (bicyclic) bond motifs is 1. The van der Waals surface area contributed by atoms with Crippen LogP contribution in [0, 0.1) is 5.82 Å². The third-order valence-electron chi connectivity index (χ3n) is 3.45. The van der Waals surface area contributed by atoms with E-state index in [-0.39, 0.29) is 27.2 Å². The van der Waals surface area contributed by atoms with Crippen LogP contribution in [0.1, 0.15) is 16.9 Å². The average molecular weight is 358 g/mol. The van der Waals surface area contributed by atoms with Crippen LogP contribution in [0.15, 0.2) is 35.4 Å². The number of rotatable bonds is 3. The first-order valence-corrected chi connectivity index (χ1v) is 8.69. The van der Waals surface area contributed by atoms with Gasteiger partial charge in [-0.3, -0.25) is 9.52 Å². The normalized spacial score (nSPS) is 14.8. The molecule has 122 valence electrons. The lowest BCUT2D eigenvalue weighted by Crippen LogP contribution is -2.22. The van der Waals surface area contributed by atoms with E-state index in [2.05, 4.69) is 10.0 Å². The summed E-state index contributed by atoms with van der Waals surface area (Å²) in [5.74, 6) is -0.881. The Labute approximate surface area is 137 Å². The van der Waals surface area contributed by atoms with Crippen molar-refractivity contribution < 1.29 is 17.6 Å². The van der Waals surface area contributed by atoms with Gasteiger partial charge in [-0.2, -0.15) is 0 Å². The zero-order valence-corrected chi connectivity index (χ0v) is 13.4. The largest absolute Gasteiger partial charge is 0.351 e. The molecule has 6 nitrogen and oxygen atoms in total. The lowest BCUT2D eigenvalue weighted by molar-refractivity contribution is 0.0951. The quantitative estimate of drug-likeness (QED) is 0.883. The topological polar surface area (TPSA) is 80.2 Å². The second-order valence-corrected chi connectivity index (χ2v) is 7.18. The summed E-state index contributed by atoms with van der Waals surface area (Å²) in [6.45, 7) is 1.09. The predicted octanol–water partition coefficient (Wildman–Crippen LogP) is 2.21. The molecule has 1 aromatic heterocycles. The number of amides is 1. The number of carbonyl (C=O) groups is 1. The van der Waals surface area contributed by atoms with Crippen LogP contribution in [0.3, 0.4) is 0 Å². The molecule has 0 fully saturated rings. The maximum atomic E-state index is 13.0. The monoisotopic (exact) mass is 357 g/mol. The molecule has 2 N–H and O–H groups in total. The molecule has 0 saturated carbocycles. The van der Waals surface area contributed by atoms with Crippen molar-refractivity contribution >= 4 is 33.2 Å². The first-order valence-electron chi connectivity index (χ1n) is 6.83. The molecule has 9 heteroatoms. The Balaban J connectivity index is 1.94. The van der Waals surface area contributed by atoms with Crippen LogP contribution in [0.5, 0.6) is 0 Å². The molecule has 0 aliphatic carbocycles. The number of hydrogen-bond acceptors (Lipinski definition) is 3. The molecule has 0 radical (unpaired) electrons. The third kappa shape index (κ3) is 3.18. The maximum Gasteiger partial charge on any atom is 0.267 e. The molecule has 1 aromatic carbocycles. The summed E-state index contributed by atoms with van der Waals surface area (Å²) in [6.07, 6.45) is 2.12. The second kappa shape index (κ2) is 5.86. The van der Waals surface area contributed by atoms with Crippen molar-refractivity contribution in [3.63, 3.8) is 0 Å². The molecule has 0 saturated heterocycles. The van der Waals surface area contributed by atoms with Crippen LogP contribution in [0.25, 0.3) is 0 Å². The summed E-state index contributed by atoms with van der Waals surface area (Å²) in [7, 11) is -3.94. The molecular formula is C14H13ClFN3O3S. The minimum absolute atomic E-state index is 0.0490. The number of aryl methyl sites for hydroxylation is 1. The summed E-state index contributed by atoms with van der Waals surface area (Å²) in [5.41, 5.74) is 0.354. The van der Waals surface area contributed by atoms with E-state index in [0.29, 0.717) is 19.5 Å². The highest BCUT2D eigenvalue weighted by Gasteiger charge is 2.23. The van der Waals surface area contributed by atoms with Gasteiger partial charge in [-0.25, -0.2) is 12.8 Å². The maximum absolute atomic E-state index is 13.0. The molecule has 0 unspecified atom stereocenters. The number of halogens is 2. The summed E-state index contributed by atoms with van der Waals surface area (Å²) in [4.78, 5) is 11.8. The summed E-state index contributed by atoms with van der Waals surface area (Å²) in [6, 6.07) is 4.66. The first-order chi connectivity index (χ1) is 10.9. The van der Waals surface area contributed by atoms with Crippen LogP contribution in [0.2, 0.25) is 5.02 Å². The highest BCUT2D eigenvalue weighted by molar-refractivity contribution is 7.92. The fourth-order valence-corrected chi connectivity index (χ4v) is 3.71. The molecule has 0 bridgehead atoms. The van der Waals surface area contributed by atoms with Crippen LogP contribution < -0.4 is 10.0 Å². The van der Waals surface area contributed by atoms with Crippen molar-refractivity contribution in [1.82, 2.24) is 9.88 Å². The summed E-state index contributed by atoms with van der Waals surface area (Å²) >= 11 is 5.83. The van der Waals surface area contributed by atoms with Crippen LogP contribution in [-0.4, -0.2) is 25.4 Å². The van der Waals surface area contributed by atoms with E-state index in [1.165, 1.54) is 18.3 Å². The molecular weight excluding hydrogens is 345 g/mol. The van der Waals surface area contributed by atoms with Gasteiger partial charge in [-0.05, 0) is 30.7 Å². The van der Waals surface area contributed by atoms with Gasteiger partial charge in [-0.1, -0.05) is 11.6 Å². The Bertz CT molecular complexity index is 879. The van der Waals surface area contributed by atoms with E-state index in [0.717, 1.165) is 12.1 Å². The van der Waals surface area contributed by atoms with E-state index in [9.17, 15) is 17.6 Å². The average Bonchev–Trinajstić information content (AvgIpc) is 2.84. The second-order valence-electron chi connectivity index (χ2n) is 5.09. The van der Waals surface area contributed by atoms with E-state index < -0.39 is 15.8 Å². The fourth-order valence-electron chi connectivity index (χ4n) is 2.32. The van der Waals surface area contributed by atoms with Crippen LogP contribution >= 0.6 is 11.6 Å². The number of hydrogen-bond donors (Lipinski definition) is 2. The molecule has 1 aliphatic rings. The Morgan fingerprint density at radius 3 is 2.83 bits per heavy atom. The van der Waals surface area contributed by atoms with Gasteiger partial charge in [0, 0.05) is 19.3 Å². The highest BCUT2D eigenvalue weighted by atomic mass is 35.5. The Morgan fingerprint density at radius 2 is 2.09 bits per heavy atom. The van der Waals surface area contributed by atoms with Crippen LogP contribution in [0.4, 0.5) is 10.1 Å². The lowest BCUT2D eigenvalue weighted by atomic mass is 10.3. The molecule has 0 atom stereocenters. The number of nitrogens with one attached hydrogen (secondary N) is 2. The third-order valence-corrected chi connectivity index (χ3v) is 5.10. The molecule has 23 heavy (non-hydrogen) atoms. The first kappa shape index (κ1) is 15.8. The van der Waals surface area contributed by atoms with Gasteiger partial charge in [0.1, 0.15) is 16.4 Å². The van der Waals surface area contributed by atoms with Crippen LogP contribution in [-0.2, 0) is 16.6 Å².